The van der Waals surface area contributed by atoms with E-state index in [0.29, 0.717) is 0 Å². The van der Waals surface area contributed by atoms with Crippen LogP contribution in [-0.2, 0) is 0 Å². The van der Waals surface area contributed by atoms with Crippen LogP contribution in [-0.4, -0.2) is 5.88 Å². The minimum atomic E-state index is 0.776. The van der Waals surface area contributed by atoms with Crippen molar-refractivity contribution in [3.63, 3.8) is 0 Å². The van der Waals surface area contributed by atoms with Crippen molar-refractivity contribution in [3.05, 3.63) is 6.92 Å². The highest BCUT2D eigenvalue weighted by Gasteiger charge is 1.83. The van der Waals surface area contributed by atoms with E-state index >= 15 is 0 Å². The molecule has 0 bridgehead atoms. The van der Waals surface area contributed by atoms with E-state index in [-0.39, 0.29) is 0 Å². The van der Waals surface area contributed by atoms with Crippen molar-refractivity contribution in [2.75, 3.05) is 5.88 Å². The number of hydrogen-bond donors (Lipinski definition) is 0. The van der Waals surface area contributed by atoms with E-state index in [1.54, 1.807) is 0 Å². The van der Waals surface area contributed by atoms with Crippen LogP contribution in [0, 0.1) is 18.8 Å². The molecule has 0 aliphatic carbocycles. The van der Waals surface area contributed by atoms with Gasteiger partial charge in [0.25, 0.3) is 0 Å². The maximum atomic E-state index is 5.47. The van der Waals surface area contributed by atoms with Gasteiger partial charge in [-0.3, -0.25) is 0 Å². The Labute approximate surface area is 62.6 Å². The smallest absolute Gasteiger partial charge is 0.0223 e. The molecule has 0 saturated carbocycles. The largest absolute Gasteiger partial charge is 0.127 e. The second-order valence-corrected chi connectivity index (χ2v) is 2.23. The van der Waals surface area contributed by atoms with E-state index in [0.717, 1.165) is 25.1 Å². The molecule has 0 nitrogen and oxygen atoms in total. The van der Waals surface area contributed by atoms with Gasteiger partial charge in [-0.05, 0) is 12.8 Å². The van der Waals surface area contributed by atoms with Crippen LogP contribution in [0.4, 0.5) is 0 Å². The highest BCUT2D eigenvalue weighted by atomic mass is 35.5. The first-order valence-electron chi connectivity index (χ1n) is 3.22. The van der Waals surface area contributed by atoms with Crippen molar-refractivity contribution in [3.8, 4) is 11.8 Å². The van der Waals surface area contributed by atoms with Crippen LogP contribution in [0.25, 0.3) is 0 Å². The van der Waals surface area contributed by atoms with Crippen LogP contribution < -0.4 is 0 Å². The van der Waals surface area contributed by atoms with Gasteiger partial charge in [0.1, 0.15) is 0 Å². The highest BCUT2D eigenvalue weighted by Crippen LogP contribution is 1.99. The quantitative estimate of drug-likeness (QED) is 0.323. The Hall–Kier alpha value is -0.150. The van der Waals surface area contributed by atoms with Crippen LogP contribution in [0.2, 0.25) is 0 Å². The van der Waals surface area contributed by atoms with Crippen LogP contribution in [0.5, 0.6) is 0 Å². The molecule has 0 aromatic rings. The van der Waals surface area contributed by atoms with Gasteiger partial charge < -0.3 is 0 Å². The van der Waals surface area contributed by atoms with Crippen LogP contribution in [0.15, 0.2) is 0 Å². The summed E-state index contributed by atoms with van der Waals surface area (Å²) in [4.78, 5) is 0. The average Bonchev–Trinajstić information content (AvgIpc) is 1.89. The van der Waals surface area contributed by atoms with Gasteiger partial charge in [0.05, 0.1) is 0 Å². The summed E-state index contributed by atoms with van der Waals surface area (Å²) in [7, 11) is 0. The van der Waals surface area contributed by atoms with E-state index in [4.69, 9.17) is 11.6 Å². The second kappa shape index (κ2) is 7.85. The molecule has 51 valence electrons. The topological polar surface area (TPSA) is 0 Å². The molecule has 0 aromatic carbocycles. The lowest BCUT2D eigenvalue weighted by Crippen LogP contribution is -1.75. The SMILES string of the molecule is [CH2]C#CCCCCCCl. The number of unbranched alkanes of at least 4 members (excludes halogenated alkanes) is 3. The first-order chi connectivity index (χ1) is 4.41. The van der Waals surface area contributed by atoms with Gasteiger partial charge in [0.15, 0.2) is 0 Å². The Bertz CT molecular complexity index is 96.9. The van der Waals surface area contributed by atoms with E-state index in [1.807, 2.05) is 0 Å². The standard InChI is InChI=1S/C8H12Cl/c1-2-3-4-5-6-7-8-9/h1,4-8H2. The Kier molecular flexibility index (Phi) is 7.72. The summed E-state index contributed by atoms with van der Waals surface area (Å²) >= 11 is 5.47. The van der Waals surface area contributed by atoms with E-state index in [9.17, 15) is 0 Å². The number of hydrogen-bond acceptors (Lipinski definition) is 0. The third kappa shape index (κ3) is 7.85. The van der Waals surface area contributed by atoms with E-state index in [1.165, 1.54) is 6.42 Å². The summed E-state index contributed by atoms with van der Waals surface area (Å²) in [6, 6.07) is 0. The molecular weight excluding hydrogens is 132 g/mol. The highest BCUT2D eigenvalue weighted by molar-refractivity contribution is 6.17. The Morgan fingerprint density at radius 2 is 2.00 bits per heavy atom. The zero-order valence-electron chi connectivity index (χ0n) is 5.62. The van der Waals surface area contributed by atoms with Gasteiger partial charge in [-0.15, -0.1) is 23.4 Å². The Balaban J connectivity index is 2.80. The molecule has 9 heavy (non-hydrogen) atoms. The summed E-state index contributed by atoms with van der Waals surface area (Å²) in [6.07, 6.45) is 4.44. The molecule has 0 heterocycles. The molecule has 0 fully saturated rings. The molecule has 0 N–H and O–H groups in total. The lowest BCUT2D eigenvalue weighted by Gasteiger charge is -1.89. The molecule has 0 aliphatic heterocycles. The van der Waals surface area contributed by atoms with Crippen molar-refractivity contribution in [1.29, 1.82) is 0 Å². The van der Waals surface area contributed by atoms with Gasteiger partial charge in [0, 0.05) is 19.2 Å². The summed E-state index contributed by atoms with van der Waals surface area (Å²) in [5.74, 6) is 6.29. The molecule has 0 saturated heterocycles. The van der Waals surface area contributed by atoms with Gasteiger partial charge in [0.2, 0.25) is 0 Å². The lowest BCUT2D eigenvalue weighted by molar-refractivity contribution is 0.741. The summed E-state index contributed by atoms with van der Waals surface area (Å²) < 4.78 is 0. The first kappa shape index (κ1) is 8.85. The minimum absolute atomic E-state index is 0.776. The third-order valence-corrected chi connectivity index (χ3v) is 1.33. The van der Waals surface area contributed by atoms with Gasteiger partial charge in [-0.1, -0.05) is 6.42 Å². The molecule has 0 unspecified atom stereocenters. The summed E-state index contributed by atoms with van der Waals surface area (Å²) in [5.41, 5.74) is 0. The maximum Gasteiger partial charge on any atom is 0.0223 e. The van der Waals surface area contributed by atoms with Gasteiger partial charge in [-0.2, -0.15) is 0 Å². The molecular formula is C8H12Cl. The predicted octanol–water partition coefficient (Wildman–Crippen LogP) is 2.62. The fourth-order valence-corrected chi connectivity index (χ4v) is 0.762. The molecule has 0 aliphatic rings. The molecule has 0 amide bonds. The van der Waals surface area contributed by atoms with Crippen LogP contribution in [0.1, 0.15) is 25.7 Å². The molecule has 1 radical (unpaired) electrons. The third-order valence-electron chi connectivity index (χ3n) is 1.06. The van der Waals surface area contributed by atoms with Gasteiger partial charge in [-0.25, -0.2) is 0 Å². The number of alkyl halides is 1. The molecule has 1 heteroatoms. The fourth-order valence-electron chi connectivity index (χ4n) is 0.573. The Morgan fingerprint density at radius 3 is 2.56 bits per heavy atom. The van der Waals surface area contributed by atoms with Gasteiger partial charge >= 0.3 is 0 Å². The van der Waals surface area contributed by atoms with E-state index in [2.05, 4.69) is 18.8 Å². The first-order valence-corrected chi connectivity index (χ1v) is 3.76. The fraction of sp³-hybridized carbons (Fsp3) is 0.625. The van der Waals surface area contributed by atoms with Crippen LogP contribution in [0.3, 0.4) is 0 Å². The zero-order valence-corrected chi connectivity index (χ0v) is 6.38. The second-order valence-electron chi connectivity index (χ2n) is 1.85. The van der Waals surface area contributed by atoms with Crippen molar-refractivity contribution in [2.24, 2.45) is 0 Å². The van der Waals surface area contributed by atoms with Crippen molar-refractivity contribution >= 4 is 11.6 Å². The number of rotatable bonds is 4. The minimum Gasteiger partial charge on any atom is -0.127 e. The van der Waals surface area contributed by atoms with Crippen molar-refractivity contribution in [1.82, 2.24) is 0 Å². The molecule has 0 spiro atoms. The summed E-state index contributed by atoms with van der Waals surface area (Å²) in [5, 5.41) is 0. The van der Waals surface area contributed by atoms with Crippen molar-refractivity contribution in [2.45, 2.75) is 25.7 Å². The molecule has 0 aromatic heterocycles. The normalized spacial score (nSPS) is 8.22. The summed E-state index contributed by atoms with van der Waals surface area (Å²) in [6.45, 7) is 3.42. The maximum absolute atomic E-state index is 5.47. The average molecular weight is 144 g/mol. The molecule has 0 rings (SSSR count). The number of halogens is 1. The predicted molar refractivity (Wildman–Crippen MR) is 42.3 cm³/mol. The lowest BCUT2D eigenvalue weighted by atomic mass is 10.2. The zero-order chi connectivity index (χ0) is 6.95. The van der Waals surface area contributed by atoms with E-state index < -0.39 is 0 Å². The Morgan fingerprint density at radius 1 is 1.22 bits per heavy atom. The monoisotopic (exact) mass is 143 g/mol. The molecule has 0 atom stereocenters. The van der Waals surface area contributed by atoms with Crippen molar-refractivity contribution < 1.29 is 0 Å². The van der Waals surface area contributed by atoms with Crippen LogP contribution >= 0.6 is 11.6 Å².